The second kappa shape index (κ2) is 6.32. The average molecular weight is 344 g/mol. The molecule has 2 aromatic heterocycles. The number of rotatable bonds is 2. The number of likely N-dealkylation sites (tertiary alicyclic amines) is 1. The highest BCUT2D eigenvalue weighted by atomic mass is 16.2. The molecule has 0 aliphatic carbocycles. The number of amides is 1. The highest BCUT2D eigenvalue weighted by molar-refractivity contribution is 5.81. The Balaban J connectivity index is 1.81. The molecule has 3 rings (SSSR count). The van der Waals surface area contributed by atoms with Crippen molar-refractivity contribution in [2.24, 2.45) is 5.41 Å². The van der Waals surface area contributed by atoms with Gasteiger partial charge in [0.25, 0.3) is 5.56 Å². The van der Waals surface area contributed by atoms with Gasteiger partial charge < -0.3 is 4.90 Å². The largest absolute Gasteiger partial charge is 0.342 e. The van der Waals surface area contributed by atoms with E-state index >= 15 is 0 Å². The number of nitrogens with one attached hydrogen (secondary N) is 1. The van der Waals surface area contributed by atoms with Gasteiger partial charge in [-0.1, -0.05) is 27.7 Å². The van der Waals surface area contributed by atoms with E-state index in [1.165, 1.54) is 0 Å². The minimum Gasteiger partial charge on any atom is -0.342 e. The van der Waals surface area contributed by atoms with Crippen LogP contribution in [0.15, 0.2) is 10.9 Å². The molecular weight excluding hydrogens is 316 g/mol. The molecule has 0 bridgehead atoms. The first-order valence-corrected chi connectivity index (χ1v) is 9.13. The Labute approximate surface area is 148 Å². The average Bonchev–Trinajstić information content (AvgIpc) is 2.98. The second-order valence-corrected chi connectivity index (χ2v) is 8.06. The van der Waals surface area contributed by atoms with Crippen LogP contribution in [0.4, 0.5) is 0 Å². The van der Waals surface area contributed by atoms with Crippen molar-refractivity contribution in [1.82, 2.24) is 19.5 Å². The maximum absolute atomic E-state index is 12.6. The normalized spacial score (nSPS) is 16.6. The van der Waals surface area contributed by atoms with Crippen molar-refractivity contribution in [1.29, 1.82) is 0 Å². The number of H-pyrrole nitrogens is 1. The summed E-state index contributed by atoms with van der Waals surface area (Å²) in [6.45, 7) is 11.3. The summed E-state index contributed by atoms with van der Waals surface area (Å²) < 4.78 is 1.56. The summed E-state index contributed by atoms with van der Waals surface area (Å²) in [4.78, 5) is 31.5. The van der Waals surface area contributed by atoms with Crippen LogP contribution in [0.25, 0.3) is 5.65 Å². The molecule has 1 N–H and O–H groups in total. The summed E-state index contributed by atoms with van der Waals surface area (Å²) >= 11 is 0. The number of carbonyl (C=O) groups is 1. The van der Waals surface area contributed by atoms with E-state index < -0.39 is 0 Å². The van der Waals surface area contributed by atoms with Gasteiger partial charge in [0.05, 0.1) is 0 Å². The minimum atomic E-state index is -0.334. The summed E-state index contributed by atoms with van der Waals surface area (Å²) in [6, 6.07) is 1.99. The van der Waals surface area contributed by atoms with Gasteiger partial charge in [0, 0.05) is 47.4 Å². The van der Waals surface area contributed by atoms with Crippen molar-refractivity contribution in [2.45, 2.75) is 59.8 Å². The van der Waals surface area contributed by atoms with Gasteiger partial charge in [-0.3, -0.25) is 14.7 Å². The highest BCUT2D eigenvalue weighted by Gasteiger charge is 2.31. The summed E-state index contributed by atoms with van der Waals surface area (Å²) in [6.07, 6.45) is 2.49. The van der Waals surface area contributed by atoms with E-state index in [-0.39, 0.29) is 16.9 Å². The van der Waals surface area contributed by atoms with Crippen LogP contribution in [0.3, 0.4) is 0 Å². The molecular formula is C19H28N4O2. The lowest BCUT2D eigenvalue weighted by molar-refractivity contribution is -0.140. The molecule has 1 aliphatic rings. The van der Waals surface area contributed by atoms with E-state index in [0.29, 0.717) is 18.0 Å². The fourth-order valence-electron chi connectivity index (χ4n) is 3.67. The van der Waals surface area contributed by atoms with Crippen LogP contribution in [-0.2, 0) is 11.2 Å². The minimum absolute atomic E-state index is 0.00315. The van der Waals surface area contributed by atoms with Crippen LogP contribution < -0.4 is 5.56 Å². The van der Waals surface area contributed by atoms with Crippen LogP contribution in [-0.4, -0.2) is 38.5 Å². The van der Waals surface area contributed by atoms with Crippen molar-refractivity contribution in [3.8, 4) is 0 Å². The highest BCUT2D eigenvalue weighted by Crippen LogP contribution is 2.29. The maximum Gasteiger partial charge on any atom is 0.276 e. The molecule has 1 saturated heterocycles. The number of hydrogen-bond donors (Lipinski definition) is 1. The Bertz CT molecular complexity index is 849. The molecule has 6 nitrogen and oxygen atoms in total. The summed E-state index contributed by atoms with van der Waals surface area (Å²) in [5.41, 5.74) is 2.96. The maximum atomic E-state index is 12.6. The van der Waals surface area contributed by atoms with Gasteiger partial charge in [0.15, 0.2) is 5.65 Å². The Kier molecular flexibility index (Phi) is 4.47. The van der Waals surface area contributed by atoms with Gasteiger partial charge in [0.2, 0.25) is 5.91 Å². The zero-order valence-electron chi connectivity index (χ0n) is 15.8. The lowest BCUT2D eigenvalue weighted by atomic mass is 9.90. The Morgan fingerprint density at radius 1 is 1.32 bits per heavy atom. The second-order valence-electron chi connectivity index (χ2n) is 8.06. The standard InChI is InChI=1S/C19H28N4O2/c1-6-14-12(2)20-16-11-15(21-23(16)17(14)24)13-7-9-22(10-8-13)18(25)19(3,4)5/h11,13,21H,6-10H2,1-5H3. The molecule has 1 fully saturated rings. The molecule has 0 saturated carbocycles. The number of nitrogens with zero attached hydrogens (tertiary/aromatic N) is 3. The topological polar surface area (TPSA) is 70.5 Å². The first-order chi connectivity index (χ1) is 11.7. The van der Waals surface area contributed by atoms with Crippen molar-refractivity contribution < 1.29 is 4.79 Å². The lowest BCUT2D eigenvalue weighted by Crippen LogP contribution is -2.43. The van der Waals surface area contributed by atoms with E-state index in [1.807, 2.05) is 45.6 Å². The zero-order valence-corrected chi connectivity index (χ0v) is 15.8. The predicted molar refractivity (Wildman–Crippen MR) is 97.9 cm³/mol. The van der Waals surface area contributed by atoms with E-state index in [1.54, 1.807) is 4.52 Å². The molecule has 6 heteroatoms. The Hall–Kier alpha value is -2.11. The van der Waals surface area contributed by atoms with Crippen LogP contribution in [0.2, 0.25) is 0 Å². The van der Waals surface area contributed by atoms with Crippen molar-refractivity contribution in [2.75, 3.05) is 13.1 Å². The molecule has 0 unspecified atom stereocenters. The third-order valence-corrected chi connectivity index (χ3v) is 5.15. The van der Waals surface area contributed by atoms with Crippen molar-refractivity contribution >= 4 is 11.6 Å². The molecule has 0 atom stereocenters. The molecule has 0 aromatic carbocycles. The summed E-state index contributed by atoms with van der Waals surface area (Å²) in [5.74, 6) is 0.541. The van der Waals surface area contributed by atoms with Crippen LogP contribution in [0, 0.1) is 12.3 Å². The van der Waals surface area contributed by atoms with E-state index in [0.717, 1.165) is 42.9 Å². The number of hydrogen-bond acceptors (Lipinski definition) is 3. The fourth-order valence-corrected chi connectivity index (χ4v) is 3.67. The Morgan fingerprint density at radius 2 is 1.96 bits per heavy atom. The van der Waals surface area contributed by atoms with Crippen molar-refractivity contribution in [3.05, 3.63) is 33.4 Å². The number of aryl methyl sites for hydroxylation is 1. The molecule has 136 valence electrons. The van der Waals surface area contributed by atoms with Crippen molar-refractivity contribution in [3.63, 3.8) is 0 Å². The lowest BCUT2D eigenvalue weighted by Gasteiger charge is -2.35. The van der Waals surface area contributed by atoms with Gasteiger partial charge in [-0.15, -0.1) is 0 Å². The molecule has 2 aromatic rings. The molecule has 25 heavy (non-hydrogen) atoms. The molecule has 1 amide bonds. The summed E-state index contributed by atoms with van der Waals surface area (Å²) in [7, 11) is 0. The third-order valence-electron chi connectivity index (χ3n) is 5.15. The van der Waals surface area contributed by atoms with E-state index in [2.05, 4.69) is 10.1 Å². The first-order valence-electron chi connectivity index (χ1n) is 9.13. The number of aromatic nitrogens is 3. The molecule has 0 spiro atoms. The van der Waals surface area contributed by atoms with Gasteiger partial charge in [-0.2, -0.15) is 0 Å². The van der Waals surface area contributed by atoms with Gasteiger partial charge in [0.1, 0.15) is 0 Å². The fraction of sp³-hybridized carbons (Fsp3) is 0.632. The van der Waals surface area contributed by atoms with Crippen LogP contribution in [0.5, 0.6) is 0 Å². The zero-order chi connectivity index (χ0) is 18.4. The SMILES string of the molecule is CCc1c(C)nc2cc(C3CCN(C(=O)C(C)(C)C)CC3)[nH]n2c1=O. The van der Waals surface area contributed by atoms with Gasteiger partial charge >= 0.3 is 0 Å². The van der Waals surface area contributed by atoms with Gasteiger partial charge in [-0.05, 0) is 26.2 Å². The van der Waals surface area contributed by atoms with E-state index in [4.69, 9.17) is 0 Å². The quantitative estimate of drug-likeness (QED) is 0.910. The number of fused-ring (bicyclic) bond motifs is 1. The van der Waals surface area contributed by atoms with E-state index in [9.17, 15) is 9.59 Å². The molecule has 0 radical (unpaired) electrons. The van der Waals surface area contributed by atoms with Gasteiger partial charge in [-0.25, -0.2) is 9.50 Å². The monoisotopic (exact) mass is 344 g/mol. The first kappa shape index (κ1) is 17.7. The number of aromatic amines is 1. The third kappa shape index (κ3) is 3.22. The molecule has 3 heterocycles. The summed E-state index contributed by atoms with van der Waals surface area (Å²) in [5, 5.41) is 3.25. The number of carbonyl (C=O) groups excluding carboxylic acids is 1. The Morgan fingerprint density at radius 3 is 2.52 bits per heavy atom. The van der Waals surface area contributed by atoms with Crippen LogP contribution >= 0.6 is 0 Å². The number of piperidine rings is 1. The predicted octanol–water partition coefficient (Wildman–Crippen LogP) is 2.65. The molecule has 1 aliphatic heterocycles. The van der Waals surface area contributed by atoms with Crippen LogP contribution in [0.1, 0.15) is 63.4 Å². The smallest absolute Gasteiger partial charge is 0.276 e.